The zero-order chi connectivity index (χ0) is 19.2. The highest BCUT2D eigenvalue weighted by Gasteiger charge is 2.23. The Kier molecular flexibility index (Phi) is 7.00. The lowest BCUT2D eigenvalue weighted by atomic mass is 10.2. The summed E-state index contributed by atoms with van der Waals surface area (Å²) < 4.78 is 11.4. The molecule has 0 aromatic heterocycles. The predicted molar refractivity (Wildman–Crippen MR) is 108 cm³/mol. The molecular weight excluding hydrogens is 385 g/mol. The molecule has 1 aliphatic heterocycles. The molecule has 6 heteroatoms. The second kappa shape index (κ2) is 9.45. The Bertz CT molecular complexity index is 773. The smallest absolute Gasteiger partial charge is 0.260 e. The average molecular weight is 408 g/mol. The number of hydrogen-bond acceptors (Lipinski definition) is 3. The Morgan fingerprint density at radius 3 is 2.67 bits per heavy atom. The van der Waals surface area contributed by atoms with Crippen molar-refractivity contribution in [2.75, 3.05) is 19.8 Å². The maximum Gasteiger partial charge on any atom is 0.260 e. The van der Waals surface area contributed by atoms with Crippen LogP contribution in [0.4, 0.5) is 0 Å². The summed E-state index contributed by atoms with van der Waals surface area (Å²) >= 11 is 12.0. The third kappa shape index (κ3) is 5.86. The topological polar surface area (TPSA) is 38.8 Å². The fourth-order valence-corrected chi connectivity index (χ4v) is 3.29. The SMILES string of the molecule is Cc1cc(OCC(=O)N(Cc2ccc(Cl)cc2)CC2CCCO2)ccc1Cl. The number of halogens is 2. The van der Waals surface area contributed by atoms with E-state index in [1.807, 2.05) is 37.3 Å². The molecule has 144 valence electrons. The molecule has 1 fully saturated rings. The highest BCUT2D eigenvalue weighted by atomic mass is 35.5. The minimum absolute atomic E-state index is 0.0264. The third-order valence-corrected chi connectivity index (χ3v) is 5.26. The van der Waals surface area contributed by atoms with Crippen LogP contribution in [0.5, 0.6) is 5.75 Å². The summed E-state index contributed by atoms with van der Waals surface area (Å²) in [5.41, 5.74) is 1.94. The number of amides is 1. The molecule has 0 N–H and O–H groups in total. The van der Waals surface area contributed by atoms with Crippen LogP contribution in [0.25, 0.3) is 0 Å². The zero-order valence-electron chi connectivity index (χ0n) is 15.3. The van der Waals surface area contributed by atoms with Crippen LogP contribution in [-0.2, 0) is 16.1 Å². The van der Waals surface area contributed by atoms with Crippen molar-refractivity contribution in [1.29, 1.82) is 0 Å². The largest absolute Gasteiger partial charge is 0.484 e. The summed E-state index contributed by atoms with van der Waals surface area (Å²) in [4.78, 5) is 14.6. The van der Waals surface area contributed by atoms with Gasteiger partial charge in [-0.2, -0.15) is 0 Å². The van der Waals surface area contributed by atoms with Gasteiger partial charge in [-0.3, -0.25) is 4.79 Å². The van der Waals surface area contributed by atoms with Gasteiger partial charge < -0.3 is 14.4 Å². The minimum Gasteiger partial charge on any atom is -0.484 e. The van der Waals surface area contributed by atoms with E-state index in [-0.39, 0.29) is 18.6 Å². The van der Waals surface area contributed by atoms with Gasteiger partial charge in [0.25, 0.3) is 5.91 Å². The van der Waals surface area contributed by atoms with Crippen molar-refractivity contribution in [1.82, 2.24) is 4.90 Å². The van der Waals surface area contributed by atoms with E-state index < -0.39 is 0 Å². The Morgan fingerprint density at radius 2 is 2.00 bits per heavy atom. The van der Waals surface area contributed by atoms with E-state index in [0.717, 1.165) is 30.6 Å². The van der Waals surface area contributed by atoms with E-state index in [1.54, 1.807) is 17.0 Å². The normalized spacial score (nSPS) is 16.3. The molecule has 1 saturated heterocycles. The number of carbonyl (C=O) groups is 1. The van der Waals surface area contributed by atoms with E-state index in [9.17, 15) is 4.79 Å². The summed E-state index contributed by atoms with van der Waals surface area (Å²) in [5.74, 6) is 0.557. The lowest BCUT2D eigenvalue weighted by Crippen LogP contribution is -2.39. The first kappa shape index (κ1) is 20.0. The number of rotatable bonds is 7. The van der Waals surface area contributed by atoms with E-state index in [2.05, 4.69) is 0 Å². The molecule has 0 radical (unpaired) electrons. The number of hydrogen-bond donors (Lipinski definition) is 0. The van der Waals surface area contributed by atoms with E-state index in [4.69, 9.17) is 32.7 Å². The maximum absolute atomic E-state index is 12.8. The van der Waals surface area contributed by atoms with Crippen LogP contribution in [0.2, 0.25) is 10.0 Å². The van der Waals surface area contributed by atoms with Gasteiger partial charge in [-0.05, 0) is 61.2 Å². The Labute approximate surface area is 170 Å². The molecular formula is C21H23Cl2NO3. The van der Waals surface area contributed by atoms with Crippen molar-refractivity contribution in [2.45, 2.75) is 32.4 Å². The second-order valence-corrected chi connectivity index (χ2v) is 7.58. The molecule has 3 rings (SSSR count). The van der Waals surface area contributed by atoms with E-state index in [0.29, 0.717) is 28.9 Å². The van der Waals surface area contributed by atoms with Crippen molar-refractivity contribution in [2.24, 2.45) is 0 Å². The molecule has 1 amide bonds. The molecule has 1 atom stereocenters. The van der Waals surface area contributed by atoms with Gasteiger partial charge in [-0.15, -0.1) is 0 Å². The minimum atomic E-state index is -0.0759. The summed E-state index contributed by atoms with van der Waals surface area (Å²) in [6.07, 6.45) is 2.09. The molecule has 2 aromatic rings. The molecule has 1 heterocycles. The molecule has 0 aliphatic carbocycles. The van der Waals surface area contributed by atoms with Crippen molar-refractivity contribution >= 4 is 29.1 Å². The van der Waals surface area contributed by atoms with Crippen LogP contribution < -0.4 is 4.74 Å². The second-order valence-electron chi connectivity index (χ2n) is 6.74. The van der Waals surface area contributed by atoms with Gasteiger partial charge in [0.2, 0.25) is 0 Å². The lowest BCUT2D eigenvalue weighted by molar-refractivity contribution is -0.135. The Balaban J connectivity index is 1.65. The van der Waals surface area contributed by atoms with Crippen molar-refractivity contribution in [3.05, 3.63) is 63.6 Å². The van der Waals surface area contributed by atoms with Crippen LogP contribution >= 0.6 is 23.2 Å². The zero-order valence-corrected chi connectivity index (χ0v) is 16.8. The third-order valence-electron chi connectivity index (χ3n) is 4.58. The first-order chi connectivity index (χ1) is 13.0. The summed E-state index contributed by atoms with van der Waals surface area (Å²) in [6.45, 7) is 3.69. The predicted octanol–water partition coefficient (Wildman–Crippen LogP) is 4.89. The first-order valence-corrected chi connectivity index (χ1v) is 9.79. The Hall–Kier alpha value is -1.75. The summed E-state index contributed by atoms with van der Waals surface area (Å²) in [6, 6.07) is 12.9. The fourth-order valence-electron chi connectivity index (χ4n) is 3.04. The monoisotopic (exact) mass is 407 g/mol. The van der Waals surface area contributed by atoms with Gasteiger partial charge in [-0.1, -0.05) is 35.3 Å². The van der Waals surface area contributed by atoms with Gasteiger partial charge in [0, 0.05) is 29.7 Å². The molecule has 1 aliphatic rings. The van der Waals surface area contributed by atoms with Crippen molar-refractivity contribution in [3.63, 3.8) is 0 Å². The number of aryl methyl sites for hydroxylation is 1. The van der Waals surface area contributed by atoms with Crippen LogP contribution in [0, 0.1) is 6.92 Å². The summed E-state index contributed by atoms with van der Waals surface area (Å²) in [7, 11) is 0. The van der Waals surface area contributed by atoms with Crippen molar-refractivity contribution < 1.29 is 14.3 Å². The van der Waals surface area contributed by atoms with Gasteiger partial charge in [0.1, 0.15) is 5.75 Å². The molecule has 1 unspecified atom stereocenters. The van der Waals surface area contributed by atoms with E-state index >= 15 is 0 Å². The highest BCUT2D eigenvalue weighted by Crippen LogP contribution is 2.21. The molecule has 4 nitrogen and oxygen atoms in total. The molecule has 0 saturated carbocycles. The summed E-state index contributed by atoms with van der Waals surface area (Å²) in [5, 5.41) is 1.36. The number of nitrogens with zero attached hydrogens (tertiary/aromatic N) is 1. The number of ether oxygens (including phenoxy) is 2. The van der Waals surface area contributed by atoms with Crippen molar-refractivity contribution in [3.8, 4) is 5.75 Å². The molecule has 0 bridgehead atoms. The van der Waals surface area contributed by atoms with Gasteiger partial charge >= 0.3 is 0 Å². The first-order valence-electron chi connectivity index (χ1n) is 9.04. The van der Waals surface area contributed by atoms with Crippen LogP contribution in [0.1, 0.15) is 24.0 Å². The molecule has 27 heavy (non-hydrogen) atoms. The average Bonchev–Trinajstić information content (AvgIpc) is 3.17. The fraction of sp³-hybridized carbons (Fsp3) is 0.381. The quantitative estimate of drug-likeness (QED) is 0.655. The van der Waals surface area contributed by atoms with Gasteiger partial charge in [0.05, 0.1) is 6.10 Å². The van der Waals surface area contributed by atoms with Gasteiger partial charge in [-0.25, -0.2) is 0 Å². The standard InChI is InChI=1S/C21H23Cl2NO3/c1-15-11-18(8-9-20(15)23)27-14-21(25)24(13-19-3-2-10-26-19)12-16-4-6-17(22)7-5-16/h4-9,11,19H,2-3,10,12-14H2,1H3. The number of benzene rings is 2. The lowest BCUT2D eigenvalue weighted by Gasteiger charge is -2.25. The van der Waals surface area contributed by atoms with Gasteiger partial charge in [0.15, 0.2) is 6.61 Å². The Morgan fingerprint density at radius 1 is 1.22 bits per heavy atom. The van der Waals surface area contributed by atoms with E-state index in [1.165, 1.54) is 0 Å². The number of carbonyl (C=O) groups excluding carboxylic acids is 1. The van der Waals surface area contributed by atoms with Crippen LogP contribution in [-0.4, -0.2) is 36.7 Å². The van der Waals surface area contributed by atoms with Crippen LogP contribution in [0.15, 0.2) is 42.5 Å². The molecule has 0 spiro atoms. The van der Waals surface area contributed by atoms with Crippen LogP contribution in [0.3, 0.4) is 0 Å². The highest BCUT2D eigenvalue weighted by molar-refractivity contribution is 6.31. The maximum atomic E-state index is 12.8. The molecule has 2 aromatic carbocycles.